The molecule has 0 saturated heterocycles. The number of amides is 1. The number of hydrogen-bond donors (Lipinski definition) is 1. The van der Waals surface area contributed by atoms with Crippen molar-refractivity contribution in [1.82, 2.24) is 9.78 Å². The molecule has 2 aromatic rings. The van der Waals surface area contributed by atoms with Crippen molar-refractivity contribution in [1.29, 1.82) is 0 Å². The van der Waals surface area contributed by atoms with Gasteiger partial charge in [-0.25, -0.2) is 0 Å². The minimum Gasteiger partial charge on any atom is -0.399 e. The number of nitrogens with two attached hydrogens (primary N) is 1. The summed E-state index contributed by atoms with van der Waals surface area (Å²) in [7, 11) is 1.89. The van der Waals surface area contributed by atoms with Gasteiger partial charge in [-0.2, -0.15) is 5.10 Å². The third-order valence-electron chi connectivity index (χ3n) is 3.87. The Kier molecular flexibility index (Phi) is 3.49. The van der Waals surface area contributed by atoms with Gasteiger partial charge < -0.3 is 10.6 Å². The number of fused-ring (bicyclic) bond motifs is 1. The van der Waals surface area contributed by atoms with Crippen molar-refractivity contribution >= 4 is 33.2 Å². The van der Waals surface area contributed by atoms with E-state index in [1.807, 2.05) is 41.8 Å². The van der Waals surface area contributed by atoms with Crippen LogP contribution in [0.3, 0.4) is 0 Å². The van der Waals surface area contributed by atoms with Gasteiger partial charge in [-0.3, -0.25) is 9.48 Å². The normalized spacial score (nSPS) is 14.4. The molecule has 3 rings (SSSR count). The monoisotopic (exact) mass is 348 g/mol. The average molecular weight is 349 g/mol. The lowest BCUT2D eigenvalue weighted by molar-refractivity contribution is -0.119. The summed E-state index contributed by atoms with van der Waals surface area (Å²) in [5, 5.41) is 4.38. The summed E-state index contributed by atoms with van der Waals surface area (Å²) >= 11 is 3.56. The molecule has 5 nitrogen and oxygen atoms in total. The molecule has 0 spiro atoms. The Morgan fingerprint density at radius 1 is 1.38 bits per heavy atom. The smallest absolute Gasteiger partial charge is 0.227 e. The first-order valence-electron chi connectivity index (χ1n) is 6.84. The minimum absolute atomic E-state index is 0.137. The van der Waals surface area contributed by atoms with Crippen molar-refractivity contribution < 1.29 is 4.79 Å². The summed E-state index contributed by atoms with van der Waals surface area (Å²) < 4.78 is 2.78. The zero-order valence-corrected chi connectivity index (χ0v) is 13.6. The van der Waals surface area contributed by atoms with Gasteiger partial charge >= 0.3 is 0 Å². The van der Waals surface area contributed by atoms with Crippen LogP contribution in [0.1, 0.15) is 23.4 Å². The fourth-order valence-corrected chi connectivity index (χ4v) is 3.22. The van der Waals surface area contributed by atoms with E-state index in [9.17, 15) is 4.79 Å². The quantitative estimate of drug-likeness (QED) is 0.848. The largest absolute Gasteiger partial charge is 0.399 e. The van der Waals surface area contributed by atoms with Gasteiger partial charge in [0, 0.05) is 24.8 Å². The number of aryl methyl sites for hydroxylation is 3. The van der Waals surface area contributed by atoms with Crippen molar-refractivity contribution in [3.8, 4) is 0 Å². The van der Waals surface area contributed by atoms with E-state index < -0.39 is 0 Å². The van der Waals surface area contributed by atoms with Crippen molar-refractivity contribution in [3.05, 3.63) is 39.6 Å². The van der Waals surface area contributed by atoms with Crippen LogP contribution in [0.2, 0.25) is 0 Å². The molecule has 1 aliphatic rings. The highest BCUT2D eigenvalue weighted by molar-refractivity contribution is 9.10. The molecule has 0 aliphatic carbocycles. The summed E-state index contributed by atoms with van der Waals surface area (Å²) in [6.45, 7) is 2.45. The van der Waals surface area contributed by atoms with Crippen LogP contribution in [0.4, 0.5) is 11.4 Å². The molecule has 2 N–H and O–H groups in total. The standard InChI is InChI=1S/C15H17BrN4O/c1-9-15(16)13(19(2)18-9)8-20-12-5-4-11(17)7-10(12)3-6-14(20)21/h4-5,7H,3,6,8,17H2,1-2H3. The topological polar surface area (TPSA) is 64.2 Å². The number of halogens is 1. The Labute approximate surface area is 131 Å². The van der Waals surface area contributed by atoms with Crippen LogP contribution >= 0.6 is 15.9 Å². The van der Waals surface area contributed by atoms with Gasteiger partial charge in [-0.1, -0.05) is 0 Å². The van der Waals surface area contributed by atoms with Gasteiger partial charge in [0.15, 0.2) is 0 Å². The number of carbonyl (C=O) groups excluding carboxylic acids is 1. The summed E-state index contributed by atoms with van der Waals surface area (Å²) in [5.41, 5.74) is 10.6. The fraction of sp³-hybridized carbons (Fsp3) is 0.333. The molecular formula is C15H17BrN4O. The molecule has 6 heteroatoms. The highest BCUT2D eigenvalue weighted by Gasteiger charge is 2.26. The average Bonchev–Trinajstić information content (AvgIpc) is 2.68. The van der Waals surface area contributed by atoms with Gasteiger partial charge in [0.05, 0.1) is 22.4 Å². The predicted molar refractivity (Wildman–Crippen MR) is 86.0 cm³/mol. The number of anilines is 2. The maximum atomic E-state index is 12.3. The molecule has 1 aliphatic heterocycles. The third-order valence-corrected chi connectivity index (χ3v) is 4.90. The van der Waals surface area contributed by atoms with Crippen LogP contribution in [-0.4, -0.2) is 15.7 Å². The molecule has 1 aromatic heterocycles. The van der Waals surface area contributed by atoms with Crippen LogP contribution in [0.25, 0.3) is 0 Å². The molecule has 110 valence electrons. The summed E-state index contributed by atoms with van der Waals surface area (Å²) in [6, 6.07) is 5.73. The lowest BCUT2D eigenvalue weighted by Gasteiger charge is -2.29. The summed E-state index contributed by atoms with van der Waals surface area (Å²) in [4.78, 5) is 14.1. The van der Waals surface area contributed by atoms with Crippen LogP contribution < -0.4 is 10.6 Å². The molecule has 2 heterocycles. The highest BCUT2D eigenvalue weighted by atomic mass is 79.9. The van der Waals surface area contributed by atoms with Crippen molar-refractivity contribution in [3.63, 3.8) is 0 Å². The van der Waals surface area contributed by atoms with Crippen LogP contribution in [-0.2, 0) is 24.8 Å². The van der Waals surface area contributed by atoms with Crippen LogP contribution in [0.15, 0.2) is 22.7 Å². The number of nitrogens with zero attached hydrogens (tertiary/aromatic N) is 3. The second kappa shape index (κ2) is 5.18. The number of carbonyl (C=O) groups is 1. The summed E-state index contributed by atoms with van der Waals surface area (Å²) in [6.07, 6.45) is 1.27. The zero-order valence-electron chi connectivity index (χ0n) is 12.1. The number of aromatic nitrogens is 2. The maximum Gasteiger partial charge on any atom is 0.227 e. The predicted octanol–water partition coefficient (Wildman–Crippen LogP) is 2.55. The van der Waals surface area contributed by atoms with E-state index >= 15 is 0 Å². The summed E-state index contributed by atoms with van der Waals surface area (Å²) in [5.74, 6) is 0.137. The number of benzene rings is 1. The van der Waals surface area contributed by atoms with E-state index in [0.717, 1.165) is 39.2 Å². The van der Waals surface area contributed by atoms with Gasteiger partial charge in [-0.15, -0.1) is 0 Å². The molecular weight excluding hydrogens is 332 g/mol. The second-order valence-electron chi connectivity index (χ2n) is 5.34. The van der Waals surface area contributed by atoms with E-state index in [1.54, 1.807) is 0 Å². The second-order valence-corrected chi connectivity index (χ2v) is 6.13. The Morgan fingerprint density at radius 2 is 2.14 bits per heavy atom. The fourth-order valence-electron chi connectivity index (χ4n) is 2.75. The molecule has 21 heavy (non-hydrogen) atoms. The zero-order chi connectivity index (χ0) is 15.1. The van der Waals surface area contributed by atoms with Crippen LogP contribution in [0.5, 0.6) is 0 Å². The Morgan fingerprint density at radius 3 is 2.81 bits per heavy atom. The highest BCUT2D eigenvalue weighted by Crippen LogP contribution is 2.32. The lowest BCUT2D eigenvalue weighted by Crippen LogP contribution is -2.35. The Hall–Kier alpha value is -1.82. The van der Waals surface area contributed by atoms with E-state index in [2.05, 4.69) is 21.0 Å². The van der Waals surface area contributed by atoms with E-state index in [-0.39, 0.29) is 5.91 Å². The SMILES string of the molecule is Cc1nn(C)c(CN2C(=O)CCc3cc(N)ccc32)c1Br. The molecule has 0 fully saturated rings. The number of nitrogen functional groups attached to an aromatic ring is 1. The lowest BCUT2D eigenvalue weighted by atomic mass is 10.0. The Balaban J connectivity index is 2.01. The van der Waals surface area contributed by atoms with E-state index in [0.29, 0.717) is 13.0 Å². The van der Waals surface area contributed by atoms with Crippen LogP contribution in [0, 0.1) is 6.92 Å². The van der Waals surface area contributed by atoms with Gasteiger partial charge in [-0.05, 0) is 53.0 Å². The molecule has 0 unspecified atom stereocenters. The molecule has 1 amide bonds. The first kappa shape index (κ1) is 14.1. The molecule has 0 atom stereocenters. The van der Waals surface area contributed by atoms with Crippen molar-refractivity contribution in [2.24, 2.45) is 7.05 Å². The minimum atomic E-state index is 0.137. The molecule has 0 bridgehead atoms. The Bertz CT molecular complexity index is 723. The van der Waals surface area contributed by atoms with Gasteiger partial charge in [0.25, 0.3) is 0 Å². The van der Waals surface area contributed by atoms with Gasteiger partial charge in [0.1, 0.15) is 0 Å². The first-order chi connectivity index (χ1) is 9.97. The third kappa shape index (κ3) is 2.44. The van der Waals surface area contributed by atoms with Crippen molar-refractivity contribution in [2.45, 2.75) is 26.3 Å². The van der Waals surface area contributed by atoms with E-state index in [1.165, 1.54) is 0 Å². The van der Waals surface area contributed by atoms with Crippen molar-refractivity contribution in [2.75, 3.05) is 10.6 Å². The number of hydrogen-bond acceptors (Lipinski definition) is 3. The maximum absolute atomic E-state index is 12.3. The molecule has 1 aromatic carbocycles. The molecule has 0 radical (unpaired) electrons. The van der Waals surface area contributed by atoms with Gasteiger partial charge in [0.2, 0.25) is 5.91 Å². The van der Waals surface area contributed by atoms with E-state index in [4.69, 9.17) is 5.73 Å². The number of rotatable bonds is 2. The first-order valence-corrected chi connectivity index (χ1v) is 7.63. The molecule has 0 saturated carbocycles.